The predicted octanol–water partition coefficient (Wildman–Crippen LogP) is 2.63. The highest BCUT2D eigenvalue weighted by Gasteiger charge is 2.08. The normalized spacial score (nSPS) is 11.0. The molecule has 0 aliphatic heterocycles. The third kappa shape index (κ3) is 3.91. The number of nitrogens with zero attached hydrogens (tertiary/aromatic N) is 1. The molecule has 20 heavy (non-hydrogen) atoms. The van der Waals surface area contributed by atoms with Gasteiger partial charge in [-0.2, -0.15) is 0 Å². The molecule has 1 aromatic carbocycles. The summed E-state index contributed by atoms with van der Waals surface area (Å²) in [6, 6.07) is 6.06. The zero-order valence-electron chi connectivity index (χ0n) is 11.9. The van der Waals surface area contributed by atoms with Crippen LogP contribution in [0.25, 0.3) is 10.2 Å². The Labute approximate surface area is 122 Å². The number of anilines is 1. The van der Waals surface area contributed by atoms with Crippen LogP contribution in [0.2, 0.25) is 0 Å². The second-order valence-electron chi connectivity index (χ2n) is 4.76. The molecule has 2 aromatic rings. The smallest absolute Gasteiger partial charge is 0.227 e. The molecule has 1 heterocycles. The first kappa shape index (κ1) is 14.7. The number of hydrogen-bond donors (Lipinski definition) is 2. The number of fused-ring (bicyclic) bond motifs is 1. The molecule has 108 valence electrons. The van der Waals surface area contributed by atoms with Gasteiger partial charge in [0.25, 0.3) is 0 Å². The second-order valence-corrected chi connectivity index (χ2v) is 5.79. The highest BCUT2D eigenvalue weighted by atomic mass is 32.1. The average molecular weight is 293 g/mol. The quantitative estimate of drug-likeness (QED) is 0.859. The molecule has 0 fully saturated rings. The Morgan fingerprint density at radius 1 is 1.45 bits per heavy atom. The lowest BCUT2D eigenvalue weighted by molar-refractivity contribution is -0.116. The van der Waals surface area contributed by atoms with Crippen molar-refractivity contribution in [3.05, 3.63) is 18.2 Å². The Morgan fingerprint density at radius 3 is 2.95 bits per heavy atom. The van der Waals surface area contributed by atoms with Crippen molar-refractivity contribution in [3.63, 3.8) is 0 Å². The highest BCUT2D eigenvalue weighted by molar-refractivity contribution is 7.22. The fourth-order valence-corrected chi connectivity index (χ4v) is 2.65. The molecule has 0 saturated carbocycles. The zero-order valence-corrected chi connectivity index (χ0v) is 12.7. The number of ether oxygens (including phenoxy) is 1. The molecule has 2 N–H and O–H groups in total. The number of carbonyl (C=O) groups is 1. The Bertz CT molecular complexity index is 595. The van der Waals surface area contributed by atoms with Gasteiger partial charge in [-0.25, -0.2) is 4.98 Å². The Kier molecular flexibility index (Phi) is 4.92. The lowest BCUT2D eigenvalue weighted by Crippen LogP contribution is -2.27. The van der Waals surface area contributed by atoms with Crippen LogP contribution in [0.3, 0.4) is 0 Å². The Hall–Kier alpha value is -1.66. The predicted molar refractivity (Wildman–Crippen MR) is 82.6 cm³/mol. The van der Waals surface area contributed by atoms with E-state index in [9.17, 15) is 4.79 Å². The first-order chi connectivity index (χ1) is 9.58. The van der Waals surface area contributed by atoms with Gasteiger partial charge in [0.15, 0.2) is 5.13 Å². The van der Waals surface area contributed by atoms with Crippen molar-refractivity contribution in [2.75, 3.05) is 19.0 Å². The molecular formula is C14H19N3O2S. The van der Waals surface area contributed by atoms with Gasteiger partial charge < -0.3 is 15.4 Å². The van der Waals surface area contributed by atoms with Crippen LogP contribution in [-0.4, -0.2) is 30.6 Å². The first-order valence-electron chi connectivity index (χ1n) is 6.56. The molecule has 1 amide bonds. The summed E-state index contributed by atoms with van der Waals surface area (Å²) in [5.74, 6) is 0.768. The maximum Gasteiger partial charge on any atom is 0.227 e. The van der Waals surface area contributed by atoms with Gasteiger partial charge in [-0.3, -0.25) is 4.79 Å². The minimum Gasteiger partial charge on any atom is -0.497 e. The van der Waals surface area contributed by atoms with Crippen LogP contribution in [0.5, 0.6) is 5.75 Å². The Morgan fingerprint density at radius 2 is 2.25 bits per heavy atom. The van der Waals surface area contributed by atoms with Gasteiger partial charge in [-0.15, -0.1) is 0 Å². The standard InChI is InChI=1S/C14H19N3O2S/c1-9(2)15-7-6-13(18)17-14-16-11-5-4-10(19-3)8-12(11)20-14/h4-5,8-9,15H,6-7H2,1-3H3,(H,16,17,18). The van der Waals surface area contributed by atoms with Crippen molar-refractivity contribution in [3.8, 4) is 5.75 Å². The minimum atomic E-state index is -0.0239. The molecule has 5 nitrogen and oxygen atoms in total. The lowest BCUT2D eigenvalue weighted by atomic mass is 10.3. The number of amides is 1. The Balaban J connectivity index is 1.97. The van der Waals surface area contributed by atoms with Crippen molar-refractivity contribution >= 4 is 32.6 Å². The summed E-state index contributed by atoms with van der Waals surface area (Å²) in [6.45, 7) is 4.78. The summed E-state index contributed by atoms with van der Waals surface area (Å²) >= 11 is 1.45. The maximum absolute atomic E-state index is 11.8. The van der Waals surface area contributed by atoms with Crippen LogP contribution >= 0.6 is 11.3 Å². The number of carbonyl (C=O) groups excluding carboxylic acids is 1. The van der Waals surface area contributed by atoms with E-state index in [-0.39, 0.29) is 5.91 Å². The van der Waals surface area contributed by atoms with Gasteiger partial charge in [-0.05, 0) is 18.2 Å². The summed E-state index contributed by atoms with van der Waals surface area (Å²) in [4.78, 5) is 16.2. The van der Waals surface area contributed by atoms with Gasteiger partial charge in [0.1, 0.15) is 5.75 Å². The number of rotatable bonds is 6. The summed E-state index contributed by atoms with van der Waals surface area (Å²) in [5.41, 5.74) is 0.867. The van der Waals surface area contributed by atoms with Crippen LogP contribution in [0.15, 0.2) is 18.2 Å². The summed E-state index contributed by atoms with van der Waals surface area (Å²) < 4.78 is 6.17. The second kappa shape index (κ2) is 6.67. The van der Waals surface area contributed by atoms with E-state index in [0.29, 0.717) is 24.1 Å². The van der Waals surface area contributed by atoms with Crippen LogP contribution in [0.4, 0.5) is 5.13 Å². The molecule has 0 atom stereocenters. The SMILES string of the molecule is COc1ccc2nc(NC(=O)CCNC(C)C)sc2c1. The van der Waals surface area contributed by atoms with Crippen molar-refractivity contribution in [2.24, 2.45) is 0 Å². The summed E-state index contributed by atoms with van der Waals surface area (Å²) in [5, 5.41) is 6.67. The van der Waals surface area contributed by atoms with Gasteiger partial charge in [0.05, 0.1) is 17.3 Å². The molecule has 0 bridgehead atoms. The number of thiazole rings is 1. The maximum atomic E-state index is 11.8. The van der Waals surface area contributed by atoms with E-state index in [1.807, 2.05) is 18.2 Å². The number of aromatic nitrogens is 1. The topological polar surface area (TPSA) is 63.2 Å². The van der Waals surface area contributed by atoms with E-state index < -0.39 is 0 Å². The van der Waals surface area contributed by atoms with E-state index >= 15 is 0 Å². The molecule has 2 rings (SSSR count). The number of nitrogens with one attached hydrogen (secondary N) is 2. The van der Waals surface area contributed by atoms with Crippen LogP contribution in [0.1, 0.15) is 20.3 Å². The van der Waals surface area contributed by atoms with Gasteiger partial charge in [-0.1, -0.05) is 25.2 Å². The molecule has 0 unspecified atom stereocenters. The van der Waals surface area contributed by atoms with Crippen LogP contribution in [-0.2, 0) is 4.79 Å². The van der Waals surface area contributed by atoms with E-state index in [1.165, 1.54) is 11.3 Å². The number of methoxy groups -OCH3 is 1. The van der Waals surface area contributed by atoms with Crippen molar-refractivity contribution in [2.45, 2.75) is 26.3 Å². The molecule has 0 radical (unpaired) electrons. The summed E-state index contributed by atoms with van der Waals surface area (Å²) in [7, 11) is 1.63. The number of benzene rings is 1. The molecule has 0 saturated heterocycles. The van der Waals surface area contributed by atoms with Crippen molar-refractivity contribution in [1.82, 2.24) is 10.3 Å². The monoisotopic (exact) mass is 293 g/mol. The van der Waals surface area contributed by atoms with Crippen LogP contribution in [0, 0.1) is 0 Å². The van der Waals surface area contributed by atoms with E-state index in [0.717, 1.165) is 16.0 Å². The van der Waals surface area contributed by atoms with Gasteiger partial charge >= 0.3 is 0 Å². The zero-order chi connectivity index (χ0) is 14.5. The van der Waals surface area contributed by atoms with Crippen molar-refractivity contribution < 1.29 is 9.53 Å². The van der Waals surface area contributed by atoms with Crippen molar-refractivity contribution in [1.29, 1.82) is 0 Å². The summed E-state index contributed by atoms with van der Waals surface area (Å²) in [6.07, 6.45) is 0.442. The van der Waals surface area contributed by atoms with Crippen LogP contribution < -0.4 is 15.4 Å². The molecule has 6 heteroatoms. The minimum absolute atomic E-state index is 0.0239. The third-order valence-corrected chi connectivity index (χ3v) is 3.68. The molecule has 1 aromatic heterocycles. The highest BCUT2D eigenvalue weighted by Crippen LogP contribution is 2.29. The fraction of sp³-hybridized carbons (Fsp3) is 0.429. The fourth-order valence-electron chi connectivity index (χ4n) is 1.74. The van der Waals surface area contributed by atoms with E-state index in [1.54, 1.807) is 7.11 Å². The van der Waals surface area contributed by atoms with Gasteiger partial charge in [0.2, 0.25) is 5.91 Å². The molecule has 0 aliphatic rings. The first-order valence-corrected chi connectivity index (χ1v) is 7.38. The van der Waals surface area contributed by atoms with E-state index in [2.05, 4.69) is 29.5 Å². The average Bonchev–Trinajstić information content (AvgIpc) is 2.78. The molecular weight excluding hydrogens is 274 g/mol. The number of hydrogen-bond acceptors (Lipinski definition) is 5. The largest absolute Gasteiger partial charge is 0.497 e. The lowest BCUT2D eigenvalue weighted by Gasteiger charge is -2.06. The molecule has 0 aliphatic carbocycles. The molecule has 0 spiro atoms. The van der Waals surface area contributed by atoms with Gasteiger partial charge in [0, 0.05) is 19.0 Å². The van der Waals surface area contributed by atoms with E-state index in [4.69, 9.17) is 4.74 Å². The third-order valence-electron chi connectivity index (χ3n) is 2.75.